The van der Waals surface area contributed by atoms with Crippen LogP contribution in [0, 0.1) is 0 Å². The molecular weight excluding hydrogens is 223 g/mol. The summed E-state index contributed by atoms with van der Waals surface area (Å²) in [5, 5.41) is 0. The Hall–Kier alpha value is -0.510. The Balaban J connectivity index is 0. The van der Waals surface area contributed by atoms with Crippen LogP contribution in [0.3, 0.4) is 0 Å². The maximum absolute atomic E-state index is 5.46. The monoisotopic (exact) mass is 238 g/mol. The zero-order valence-electron chi connectivity index (χ0n) is 8.39. The van der Waals surface area contributed by atoms with E-state index in [0.29, 0.717) is 0 Å². The van der Waals surface area contributed by atoms with Gasteiger partial charge in [-0.25, -0.2) is 4.98 Å². The van der Waals surface area contributed by atoms with Crippen molar-refractivity contribution in [2.24, 2.45) is 0 Å². The summed E-state index contributed by atoms with van der Waals surface area (Å²) in [7, 11) is 4.22. The van der Waals surface area contributed by atoms with E-state index in [0.717, 1.165) is 18.9 Å². The predicted octanol–water partition coefficient (Wildman–Crippen LogP) is -6.97. The van der Waals surface area contributed by atoms with Crippen molar-refractivity contribution in [3.63, 3.8) is 0 Å². The zero-order valence-corrected chi connectivity index (χ0v) is 9.90. The summed E-state index contributed by atoms with van der Waals surface area (Å²) in [5.41, 5.74) is 0. The van der Waals surface area contributed by atoms with Crippen molar-refractivity contribution in [1.82, 2.24) is 0 Å². The number of nitrogens with one attached hydrogen (secondary N) is 2. The largest absolute Gasteiger partial charge is 1.00 e. The number of quaternary nitrogens is 1. The molecule has 1 heterocycles. The lowest BCUT2D eigenvalue weighted by molar-refractivity contribution is -0.858. The minimum atomic E-state index is 0. The van der Waals surface area contributed by atoms with Crippen LogP contribution in [0.15, 0.2) is 24.5 Å². The third kappa shape index (κ3) is 6.95. The standard InChI is InChI=1S/C9H14N2O.2ClH/c1-11(2)6-7-12-9-4-3-5-10-8-9;;/h3-5,8H,6-7H2,1-2H3;2*1H. The number of pyridine rings is 1. The van der Waals surface area contributed by atoms with Crippen LogP contribution >= 0.6 is 0 Å². The van der Waals surface area contributed by atoms with E-state index in [2.05, 4.69) is 19.1 Å². The molecule has 0 bridgehead atoms. The second-order valence-electron chi connectivity index (χ2n) is 3.04. The van der Waals surface area contributed by atoms with Gasteiger partial charge >= 0.3 is 0 Å². The highest BCUT2D eigenvalue weighted by Gasteiger charge is 1.97. The molecule has 0 radical (unpaired) electrons. The molecule has 0 aliphatic carbocycles. The molecule has 1 aromatic heterocycles. The summed E-state index contributed by atoms with van der Waals surface area (Å²) in [6.07, 6.45) is 3.72. The van der Waals surface area contributed by atoms with Crippen LogP contribution in [-0.4, -0.2) is 27.2 Å². The van der Waals surface area contributed by atoms with Crippen LogP contribution in [0.2, 0.25) is 0 Å². The van der Waals surface area contributed by atoms with Gasteiger partial charge in [0.15, 0.2) is 11.9 Å². The molecule has 1 aromatic rings. The number of halogens is 2. The highest BCUT2D eigenvalue weighted by molar-refractivity contribution is 5.11. The number of hydrogen-bond donors (Lipinski definition) is 1. The maximum atomic E-state index is 5.46. The van der Waals surface area contributed by atoms with Gasteiger partial charge in [0.2, 0.25) is 6.20 Å². The summed E-state index contributed by atoms with van der Waals surface area (Å²) in [6.45, 7) is 1.79. The Labute approximate surface area is 97.3 Å². The fourth-order valence-electron chi connectivity index (χ4n) is 0.840. The predicted molar refractivity (Wildman–Crippen MR) is 46.2 cm³/mol. The second-order valence-corrected chi connectivity index (χ2v) is 3.04. The van der Waals surface area contributed by atoms with Crippen molar-refractivity contribution in [3.8, 4) is 5.75 Å². The van der Waals surface area contributed by atoms with Gasteiger partial charge in [-0.1, -0.05) is 0 Å². The lowest BCUT2D eigenvalue weighted by Crippen LogP contribution is -3.06. The first-order valence-electron chi connectivity index (χ1n) is 4.17. The molecule has 5 heteroatoms. The van der Waals surface area contributed by atoms with E-state index in [1.807, 2.05) is 24.5 Å². The third-order valence-electron chi connectivity index (χ3n) is 1.55. The van der Waals surface area contributed by atoms with Gasteiger partial charge in [-0.05, 0) is 6.07 Å². The van der Waals surface area contributed by atoms with Crippen molar-refractivity contribution >= 4 is 0 Å². The Morgan fingerprint density at radius 1 is 1.36 bits per heavy atom. The van der Waals surface area contributed by atoms with E-state index < -0.39 is 0 Å². The smallest absolute Gasteiger partial charge is 0.209 e. The molecule has 14 heavy (non-hydrogen) atoms. The fraction of sp³-hybridized carbons (Fsp3) is 0.444. The molecule has 0 aromatic carbocycles. The minimum absolute atomic E-state index is 0. The topological polar surface area (TPSA) is 27.8 Å². The molecule has 0 saturated heterocycles. The number of H-pyrrole nitrogens is 1. The molecule has 0 aliphatic heterocycles. The van der Waals surface area contributed by atoms with Crippen molar-refractivity contribution in [2.45, 2.75) is 0 Å². The summed E-state index contributed by atoms with van der Waals surface area (Å²) in [6, 6.07) is 3.87. The molecule has 82 valence electrons. The van der Waals surface area contributed by atoms with Gasteiger partial charge < -0.3 is 34.5 Å². The van der Waals surface area contributed by atoms with E-state index in [4.69, 9.17) is 4.74 Å². The highest BCUT2D eigenvalue weighted by Crippen LogP contribution is 2.02. The van der Waals surface area contributed by atoms with Crippen molar-refractivity contribution in [2.75, 3.05) is 27.2 Å². The SMILES string of the molecule is C[NH+](C)CCOc1ccc[nH+]c1.[Cl-].[Cl-]. The fourth-order valence-corrected chi connectivity index (χ4v) is 0.840. The summed E-state index contributed by atoms with van der Waals surface area (Å²) in [4.78, 5) is 4.37. The highest BCUT2D eigenvalue weighted by atomic mass is 35.5. The van der Waals surface area contributed by atoms with Crippen molar-refractivity contribution in [1.29, 1.82) is 0 Å². The molecule has 0 spiro atoms. The first-order chi connectivity index (χ1) is 5.79. The molecule has 0 unspecified atom stereocenters. The number of ether oxygens (including phenoxy) is 1. The average molecular weight is 239 g/mol. The molecule has 1 rings (SSSR count). The van der Waals surface area contributed by atoms with Crippen LogP contribution in [0.4, 0.5) is 0 Å². The number of hydrogen-bond acceptors (Lipinski definition) is 1. The Morgan fingerprint density at radius 3 is 2.57 bits per heavy atom. The molecule has 3 nitrogen and oxygen atoms in total. The molecule has 0 atom stereocenters. The Morgan fingerprint density at radius 2 is 2.07 bits per heavy atom. The lowest BCUT2D eigenvalue weighted by atomic mass is 10.5. The first kappa shape index (κ1) is 15.9. The van der Waals surface area contributed by atoms with E-state index in [1.165, 1.54) is 4.90 Å². The molecule has 0 fully saturated rings. The summed E-state index contributed by atoms with van der Waals surface area (Å²) in [5.74, 6) is 0.902. The minimum Gasteiger partial charge on any atom is -1.00 e. The van der Waals surface area contributed by atoms with Gasteiger partial charge in [0.05, 0.1) is 14.1 Å². The normalized spacial score (nSPS) is 8.79. The van der Waals surface area contributed by atoms with Gasteiger partial charge in [0, 0.05) is 6.07 Å². The van der Waals surface area contributed by atoms with Crippen LogP contribution in [0.25, 0.3) is 0 Å². The molecule has 2 N–H and O–H groups in total. The molecule has 0 saturated carbocycles. The van der Waals surface area contributed by atoms with Crippen LogP contribution < -0.4 is 39.4 Å². The number of aromatic amines is 1. The third-order valence-corrected chi connectivity index (χ3v) is 1.55. The van der Waals surface area contributed by atoms with Crippen molar-refractivity contribution < 1.29 is 39.4 Å². The first-order valence-corrected chi connectivity index (χ1v) is 4.17. The van der Waals surface area contributed by atoms with Gasteiger partial charge in [-0.3, -0.25) is 0 Å². The molecule has 0 aliphatic rings. The Bertz CT molecular complexity index is 219. The van der Waals surface area contributed by atoms with Gasteiger partial charge in [-0.15, -0.1) is 0 Å². The second kappa shape index (κ2) is 9.06. The van der Waals surface area contributed by atoms with E-state index in [1.54, 1.807) is 0 Å². The number of likely N-dealkylation sites (N-methyl/N-ethyl adjacent to an activating group) is 1. The molecule has 0 amide bonds. The zero-order chi connectivity index (χ0) is 8.81. The van der Waals surface area contributed by atoms with E-state index >= 15 is 0 Å². The van der Waals surface area contributed by atoms with Crippen molar-refractivity contribution in [3.05, 3.63) is 24.5 Å². The van der Waals surface area contributed by atoms with Crippen LogP contribution in [0.1, 0.15) is 0 Å². The lowest BCUT2D eigenvalue weighted by Gasteiger charge is -2.07. The van der Waals surface area contributed by atoms with E-state index in [-0.39, 0.29) is 24.8 Å². The Kier molecular flexibility index (Phi) is 10.3. The van der Waals surface area contributed by atoms with Gasteiger partial charge in [0.25, 0.3) is 0 Å². The van der Waals surface area contributed by atoms with E-state index in [9.17, 15) is 0 Å². The quantitative estimate of drug-likeness (QED) is 0.555. The summed E-state index contributed by atoms with van der Waals surface area (Å²) < 4.78 is 5.46. The number of rotatable bonds is 4. The maximum Gasteiger partial charge on any atom is 0.209 e. The van der Waals surface area contributed by atoms with Gasteiger partial charge in [-0.2, -0.15) is 0 Å². The van der Waals surface area contributed by atoms with Gasteiger partial charge in [0.1, 0.15) is 13.2 Å². The average Bonchev–Trinajstić information content (AvgIpc) is 2.05. The summed E-state index contributed by atoms with van der Waals surface area (Å²) >= 11 is 0. The molecular formula is C9H16Cl2N2O. The number of aromatic nitrogens is 1. The van der Waals surface area contributed by atoms with Crippen LogP contribution in [0.5, 0.6) is 5.75 Å². The van der Waals surface area contributed by atoms with Crippen LogP contribution in [-0.2, 0) is 0 Å².